The second-order valence-corrected chi connectivity index (χ2v) is 5.46. The van der Waals surface area contributed by atoms with E-state index in [1.807, 2.05) is 0 Å². The highest BCUT2D eigenvalue weighted by atomic mass is 79.9. The molecule has 3 rings (SSSR count). The molecule has 1 amide bonds. The highest BCUT2D eigenvalue weighted by Crippen LogP contribution is 2.30. The molecule has 3 aromatic rings. The number of halogens is 1. The van der Waals surface area contributed by atoms with Crippen LogP contribution in [0.15, 0.2) is 16.9 Å². The predicted octanol–water partition coefficient (Wildman–Crippen LogP) is 2.37. The Bertz CT molecular complexity index is 746. The van der Waals surface area contributed by atoms with Crippen molar-refractivity contribution in [1.29, 1.82) is 0 Å². The summed E-state index contributed by atoms with van der Waals surface area (Å²) < 4.78 is 5.79. The Morgan fingerprint density at radius 3 is 3.11 bits per heavy atom. The van der Waals surface area contributed by atoms with Crippen LogP contribution in [0, 0.1) is 0 Å². The van der Waals surface area contributed by atoms with Crippen LogP contribution in [-0.2, 0) is 0 Å². The lowest BCUT2D eigenvalue weighted by Gasteiger charge is -2.02. The number of methoxy groups -OCH3 is 1. The third-order valence-electron chi connectivity index (χ3n) is 2.49. The van der Waals surface area contributed by atoms with Crippen molar-refractivity contribution in [2.75, 3.05) is 12.4 Å². The van der Waals surface area contributed by atoms with E-state index in [1.165, 1.54) is 24.6 Å². The molecule has 0 bridgehead atoms. The summed E-state index contributed by atoms with van der Waals surface area (Å²) in [5.74, 6) is 0.186. The van der Waals surface area contributed by atoms with Crippen molar-refractivity contribution in [2.45, 2.75) is 0 Å². The van der Waals surface area contributed by atoms with E-state index < -0.39 is 0 Å². The molecule has 3 aromatic heterocycles. The fourth-order valence-electron chi connectivity index (χ4n) is 1.60. The Labute approximate surface area is 119 Å². The molecule has 19 heavy (non-hydrogen) atoms. The van der Waals surface area contributed by atoms with E-state index in [1.54, 1.807) is 6.07 Å². The minimum atomic E-state index is -0.227. The molecule has 7 nitrogen and oxygen atoms in total. The van der Waals surface area contributed by atoms with Crippen molar-refractivity contribution in [3.05, 3.63) is 21.7 Å². The van der Waals surface area contributed by atoms with Crippen LogP contribution in [0.4, 0.5) is 5.69 Å². The van der Waals surface area contributed by atoms with Gasteiger partial charge in [0.1, 0.15) is 15.1 Å². The zero-order chi connectivity index (χ0) is 13.4. The van der Waals surface area contributed by atoms with Crippen LogP contribution in [-0.4, -0.2) is 33.4 Å². The minimum absolute atomic E-state index is 0.227. The van der Waals surface area contributed by atoms with Crippen molar-refractivity contribution in [1.82, 2.24) is 20.4 Å². The number of amides is 1. The van der Waals surface area contributed by atoms with Crippen molar-refractivity contribution in [3.63, 3.8) is 0 Å². The summed E-state index contributed by atoms with van der Waals surface area (Å²) in [5.41, 5.74) is 0.499. The van der Waals surface area contributed by atoms with Gasteiger partial charge < -0.3 is 10.1 Å². The van der Waals surface area contributed by atoms with Crippen LogP contribution >= 0.6 is 27.3 Å². The van der Waals surface area contributed by atoms with Crippen molar-refractivity contribution in [3.8, 4) is 5.88 Å². The largest absolute Gasteiger partial charge is 0.480 e. The number of fused-ring (bicyclic) bond motifs is 1. The molecule has 0 fully saturated rings. The number of nitrogens with one attached hydrogen (secondary N) is 3. The molecule has 0 atom stereocenters. The molecule has 0 aromatic carbocycles. The maximum Gasteiger partial charge on any atom is 0.266 e. The number of aromatic amines is 2. The summed E-state index contributed by atoms with van der Waals surface area (Å²) in [6, 6.07) is 1.77. The second kappa shape index (κ2) is 4.67. The van der Waals surface area contributed by atoms with Gasteiger partial charge in [-0.15, -0.1) is 11.3 Å². The molecule has 0 saturated carbocycles. The molecule has 3 N–H and O–H groups in total. The predicted molar refractivity (Wildman–Crippen MR) is 74.8 cm³/mol. The molecule has 0 saturated heterocycles. The summed E-state index contributed by atoms with van der Waals surface area (Å²) in [4.78, 5) is 13.4. The van der Waals surface area contributed by atoms with E-state index in [0.29, 0.717) is 16.4 Å². The fraction of sp³-hybridized carbons (Fsp3) is 0.100. The third-order valence-corrected chi connectivity index (χ3v) is 4.12. The van der Waals surface area contributed by atoms with Gasteiger partial charge in [0.2, 0.25) is 5.88 Å². The molecule has 0 spiro atoms. The van der Waals surface area contributed by atoms with E-state index in [0.717, 1.165) is 14.8 Å². The Kier molecular flexibility index (Phi) is 2.99. The zero-order valence-corrected chi connectivity index (χ0v) is 12.1. The van der Waals surface area contributed by atoms with E-state index in [2.05, 4.69) is 41.6 Å². The van der Waals surface area contributed by atoms with Crippen molar-refractivity contribution >= 4 is 49.1 Å². The number of carbonyl (C=O) groups is 1. The Balaban J connectivity index is 1.87. The SMILES string of the molecule is COc1[nH]ncc1NC(=O)c1cc2c(Br)[nH]nc2s1. The maximum absolute atomic E-state index is 12.1. The number of H-pyrrole nitrogens is 2. The number of thiophene rings is 1. The lowest BCUT2D eigenvalue weighted by molar-refractivity contribution is 0.103. The van der Waals surface area contributed by atoms with Crippen LogP contribution in [0.5, 0.6) is 5.88 Å². The molecule has 0 aliphatic rings. The number of anilines is 1. The van der Waals surface area contributed by atoms with Crippen LogP contribution in [0.25, 0.3) is 10.2 Å². The van der Waals surface area contributed by atoms with E-state index in [-0.39, 0.29) is 5.91 Å². The van der Waals surface area contributed by atoms with Gasteiger partial charge in [-0.25, -0.2) is 5.10 Å². The fourth-order valence-corrected chi connectivity index (χ4v) is 3.01. The lowest BCUT2D eigenvalue weighted by atomic mass is 10.3. The first-order chi connectivity index (χ1) is 9.19. The van der Waals surface area contributed by atoms with Gasteiger partial charge in [0, 0.05) is 5.39 Å². The quantitative estimate of drug-likeness (QED) is 0.681. The van der Waals surface area contributed by atoms with Crippen LogP contribution in [0.1, 0.15) is 9.67 Å². The number of rotatable bonds is 3. The second-order valence-electron chi connectivity index (χ2n) is 3.64. The maximum atomic E-state index is 12.1. The van der Waals surface area contributed by atoms with Gasteiger partial charge in [-0.3, -0.25) is 9.89 Å². The standard InChI is InChI=1S/C10H8BrN5O2S/c1-18-9-5(3-12-15-9)13-8(17)6-2-4-7(11)14-16-10(4)19-6/h2-3H,1H3,(H,12,15)(H,13,17)(H,14,16). The van der Waals surface area contributed by atoms with Gasteiger partial charge in [-0.1, -0.05) is 0 Å². The zero-order valence-electron chi connectivity index (χ0n) is 9.65. The summed E-state index contributed by atoms with van der Waals surface area (Å²) in [5, 5.41) is 16.9. The average molecular weight is 342 g/mol. The van der Waals surface area contributed by atoms with Crippen molar-refractivity contribution < 1.29 is 9.53 Å². The molecule has 0 radical (unpaired) electrons. The highest BCUT2D eigenvalue weighted by molar-refractivity contribution is 9.10. The first kappa shape index (κ1) is 12.2. The van der Waals surface area contributed by atoms with E-state index >= 15 is 0 Å². The number of aromatic nitrogens is 4. The van der Waals surface area contributed by atoms with Gasteiger partial charge in [0.05, 0.1) is 18.2 Å². The number of hydrogen-bond donors (Lipinski definition) is 3. The molecule has 9 heteroatoms. The van der Waals surface area contributed by atoms with E-state index in [4.69, 9.17) is 4.74 Å². The molecule has 0 aliphatic carbocycles. The monoisotopic (exact) mass is 341 g/mol. The molecular weight excluding hydrogens is 334 g/mol. The Morgan fingerprint density at radius 1 is 1.53 bits per heavy atom. The first-order valence-corrected chi connectivity index (χ1v) is 6.82. The molecule has 98 valence electrons. The summed E-state index contributed by atoms with van der Waals surface area (Å²) >= 11 is 4.64. The van der Waals surface area contributed by atoms with Gasteiger partial charge in [0.25, 0.3) is 5.91 Å². The number of ether oxygens (including phenoxy) is 1. The van der Waals surface area contributed by atoms with Crippen LogP contribution in [0.3, 0.4) is 0 Å². The Hall–Kier alpha value is -1.87. The minimum Gasteiger partial charge on any atom is -0.480 e. The summed E-state index contributed by atoms with van der Waals surface area (Å²) in [6.45, 7) is 0. The number of nitrogens with zero attached hydrogens (tertiary/aromatic N) is 2. The summed E-state index contributed by atoms with van der Waals surface area (Å²) in [7, 11) is 1.50. The molecular formula is C10H8BrN5O2S. The van der Waals surface area contributed by atoms with Gasteiger partial charge in [-0.2, -0.15) is 10.2 Å². The first-order valence-electron chi connectivity index (χ1n) is 5.21. The normalized spacial score (nSPS) is 10.8. The smallest absolute Gasteiger partial charge is 0.266 e. The van der Waals surface area contributed by atoms with Crippen molar-refractivity contribution in [2.24, 2.45) is 0 Å². The molecule has 0 aliphatic heterocycles. The number of hydrogen-bond acceptors (Lipinski definition) is 5. The Morgan fingerprint density at radius 2 is 2.37 bits per heavy atom. The topological polar surface area (TPSA) is 95.7 Å². The van der Waals surface area contributed by atoms with Gasteiger partial charge in [0.15, 0.2) is 0 Å². The third kappa shape index (κ3) is 2.10. The summed E-state index contributed by atoms with van der Waals surface area (Å²) in [6.07, 6.45) is 1.49. The number of carbonyl (C=O) groups excluding carboxylic acids is 1. The highest BCUT2D eigenvalue weighted by Gasteiger charge is 2.16. The van der Waals surface area contributed by atoms with Crippen LogP contribution in [0.2, 0.25) is 0 Å². The van der Waals surface area contributed by atoms with Crippen LogP contribution < -0.4 is 10.1 Å². The van der Waals surface area contributed by atoms with Gasteiger partial charge in [-0.05, 0) is 22.0 Å². The van der Waals surface area contributed by atoms with Gasteiger partial charge >= 0.3 is 0 Å². The average Bonchev–Trinajstić information content (AvgIpc) is 3.07. The van der Waals surface area contributed by atoms with E-state index in [9.17, 15) is 4.79 Å². The lowest BCUT2D eigenvalue weighted by Crippen LogP contribution is -2.10. The molecule has 0 unspecified atom stereocenters. The molecule has 3 heterocycles.